The third kappa shape index (κ3) is 2.48. The lowest BCUT2D eigenvalue weighted by Gasteiger charge is -2.23. The Morgan fingerprint density at radius 2 is 2.64 bits per heavy atom. The van der Waals surface area contributed by atoms with E-state index in [1.54, 1.807) is 11.3 Å². The molecular weight excluding hydrogens is 164 g/mol. The van der Waals surface area contributed by atoms with Crippen molar-refractivity contribution in [2.75, 3.05) is 6.54 Å². The molecule has 0 amide bonds. The fourth-order valence-electron chi connectivity index (χ4n) is 0.643. The highest BCUT2D eigenvalue weighted by Crippen LogP contribution is 2.03. The first kappa shape index (κ1) is 8.49. The van der Waals surface area contributed by atoms with E-state index in [0.29, 0.717) is 0 Å². The lowest BCUT2D eigenvalue weighted by molar-refractivity contribution is 0.297. The molecule has 4 nitrogen and oxygen atoms in total. The summed E-state index contributed by atoms with van der Waals surface area (Å²) in [7, 11) is 0. The summed E-state index contributed by atoms with van der Waals surface area (Å²) in [4.78, 5) is 7.44. The van der Waals surface area contributed by atoms with Crippen LogP contribution < -0.4 is 5.43 Å². The fraction of sp³-hybridized carbons (Fsp3) is 0.667. The van der Waals surface area contributed by atoms with Crippen LogP contribution in [-0.2, 0) is 0 Å². The Labute approximate surface area is 70.9 Å². The van der Waals surface area contributed by atoms with Gasteiger partial charge in [0.2, 0.25) is 5.62 Å². The number of hydrogen-bond acceptors (Lipinski definition) is 4. The minimum Gasteiger partial charge on any atom is -0.260 e. The molecule has 1 radical (unpaired) electrons. The van der Waals surface area contributed by atoms with Gasteiger partial charge in [-0.2, -0.15) is 0 Å². The van der Waals surface area contributed by atoms with Gasteiger partial charge in [-0.3, -0.25) is 5.01 Å². The summed E-state index contributed by atoms with van der Waals surface area (Å²) in [5.41, 5.74) is 2.62. The summed E-state index contributed by atoms with van der Waals surface area (Å²) in [6, 6.07) is 0. The monoisotopic (exact) mass is 173 g/mol. The quantitative estimate of drug-likeness (QED) is 0.504. The van der Waals surface area contributed by atoms with Gasteiger partial charge in [-0.25, -0.2) is 15.4 Å². The number of alkyl halides is 1. The molecule has 1 atom stereocenters. The Bertz CT molecular complexity index is 168. The second kappa shape index (κ2) is 4.31. The van der Waals surface area contributed by atoms with Crippen molar-refractivity contribution in [3.8, 4) is 0 Å². The largest absolute Gasteiger partial charge is 0.260 e. The van der Waals surface area contributed by atoms with Crippen LogP contribution in [0.1, 0.15) is 13.3 Å². The normalized spacial score (nSPS) is 22.7. The second-order valence-electron chi connectivity index (χ2n) is 2.10. The van der Waals surface area contributed by atoms with E-state index in [4.69, 9.17) is 11.6 Å². The Kier molecular flexibility index (Phi) is 3.32. The Balaban J connectivity index is 2.33. The van der Waals surface area contributed by atoms with Crippen LogP contribution in [0, 0.1) is 0 Å². The van der Waals surface area contributed by atoms with E-state index < -0.39 is 5.62 Å². The SMILES string of the molecule is CCCNN1C=N[C]=NC1Cl. The third-order valence-corrected chi connectivity index (χ3v) is 1.49. The van der Waals surface area contributed by atoms with E-state index in [9.17, 15) is 0 Å². The molecule has 0 spiro atoms. The van der Waals surface area contributed by atoms with Crippen LogP contribution in [0.5, 0.6) is 0 Å². The second-order valence-corrected chi connectivity index (χ2v) is 2.49. The standard InChI is InChI=1S/C6H10ClN4/c1-2-3-10-11-5-8-4-9-6(11)7/h5-6,10H,2-3H2,1H3. The van der Waals surface area contributed by atoms with Crippen molar-refractivity contribution in [1.29, 1.82) is 0 Å². The number of hydrazine groups is 1. The fourth-order valence-corrected chi connectivity index (χ4v) is 0.806. The maximum atomic E-state index is 5.76. The summed E-state index contributed by atoms with van der Waals surface area (Å²) in [5.74, 6) is 0. The molecule has 1 N–H and O–H groups in total. The van der Waals surface area contributed by atoms with E-state index in [1.165, 1.54) is 0 Å². The van der Waals surface area contributed by atoms with Gasteiger partial charge in [0.05, 0.1) is 0 Å². The summed E-state index contributed by atoms with van der Waals surface area (Å²) in [5, 5.41) is 1.64. The van der Waals surface area contributed by atoms with Gasteiger partial charge in [-0.15, -0.1) is 0 Å². The zero-order valence-corrected chi connectivity index (χ0v) is 7.04. The molecule has 0 aliphatic carbocycles. The molecule has 0 fully saturated rings. The molecule has 1 unspecified atom stereocenters. The molecule has 0 saturated carbocycles. The molecule has 0 aromatic carbocycles. The number of nitrogens with one attached hydrogen (secondary N) is 1. The number of aliphatic imine (C=N–C) groups is 2. The molecule has 0 saturated heterocycles. The molecule has 1 rings (SSSR count). The van der Waals surface area contributed by atoms with Crippen molar-refractivity contribution in [2.24, 2.45) is 9.98 Å². The predicted molar refractivity (Wildman–Crippen MR) is 45.7 cm³/mol. The van der Waals surface area contributed by atoms with Gasteiger partial charge in [-0.1, -0.05) is 18.5 Å². The Hall–Kier alpha value is -0.610. The van der Waals surface area contributed by atoms with Gasteiger partial charge >= 0.3 is 0 Å². The molecule has 1 heterocycles. The highest BCUT2D eigenvalue weighted by atomic mass is 35.5. The van der Waals surface area contributed by atoms with Crippen LogP contribution in [0.15, 0.2) is 9.98 Å². The first-order valence-corrected chi connectivity index (χ1v) is 3.92. The topological polar surface area (TPSA) is 40.0 Å². The van der Waals surface area contributed by atoms with Crippen molar-refractivity contribution in [1.82, 2.24) is 10.4 Å². The molecule has 61 valence electrons. The van der Waals surface area contributed by atoms with Crippen LogP contribution in [-0.4, -0.2) is 29.9 Å². The van der Waals surface area contributed by atoms with E-state index >= 15 is 0 Å². The van der Waals surface area contributed by atoms with Crippen LogP contribution in [0.2, 0.25) is 0 Å². The molecule has 0 aromatic heterocycles. The lowest BCUT2D eigenvalue weighted by atomic mass is 10.5. The van der Waals surface area contributed by atoms with E-state index in [1.807, 2.05) is 0 Å². The molecule has 0 bridgehead atoms. The van der Waals surface area contributed by atoms with E-state index in [2.05, 4.69) is 28.7 Å². The summed E-state index contributed by atoms with van der Waals surface area (Å²) in [6.07, 6.45) is 5.03. The average molecular weight is 174 g/mol. The first-order valence-electron chi connectivity index (χ1n) is 3.48. The Morgan fingerprint density at radius 1 is 1.82 bits per heavy atom. The van der Waals surface area contributed by atoms with Gasteiger partial charge in [0, 0.05) is 6.54 Å². The van der Waals surface area contributed by atoms with Crippen LogP contribution >= 0.6 is 11.6 Å². The highest BCUT2D eigenvalue weighted by Gasteiger charge is 2.11. The van der Waals surface area contributed by atoms with Crippen LogP contribution in [0.4, 0.5) is 0 Å². The smallest absolute Gasteiger partial charge is 0.214 e. The number of hydrogen-bond donors (Lipinski definition) is 1. The average Bonchev–Trinajstić information content (AvgIpc) is 2.03. The highest BCUT2D eigenvalue weighted by molar-refractivity contribution is 6.21. The summed E-state index contributed by atoms with van der Waals surface area (Å²) < 4.78 is 0. The molecule has 0 aromatic rings. The number of halogens is 1. The predicted octanol–water partition coefficient (Wildman–Crippen LogP) is 0.673. The van der Waals surface area contributed by atoms with Crippen molar-refractivity contribution < 1.29 is 0 Å². The zero-order valence-electron chi connectivity index (χ0n) is 6.29. The minimum absolute atomic E-state index is 0.418. The minimum atomic E-state index is -0.418. The van der Waals surface area contributed by atoms with Gasteiger partial charge < -0.3 is 0 Å². The summed E-state index contributed by atoms with van der Waals surface area (Å²) >= 11 is 5.76. The van der Waals surface area contributed by atoms with Gasteiger partial charge in [0.15, 0.2) is 6.34 Å². The maximum absolute atomic E-state index is 5.76. The zero-order chi connectivity index (χ0) is 8.10. The first-order chi connectivity index (χ1) is 5.34. The van der Waals surface area contributed by atoms with E-state index in [-0.39, 0.29) is 0 Å². The van der Waals surface area contributed by atoms with Crippen LogP contribution in [0.25, 0.3) is 0 Å². The van der Waals surface area contributed by atoms with Crippen molar-refractivity contribution in [3.63, 3.8) is 0 Å². The summed E-state index contributed by atoms with van der Waals surface area (Å²) in [6.45, 7) is 2.94. The Morgan fingerprint density at radius 3 is 3.27 bits per heavy atom. The molecule has 1 aliphatic rings. The molecule has 5 heteroatoms. The maximum Gasteiger partial charge on any atom is 0.214 e. The third-order valence-electron chi connectivity index (χ3n) is 1.18. The van der Waals surface area contributed by atoms with Gasteiger partial charge in [0.25, 0.3) is 0 Å². The lowest BCUT2D eigenvalue weighted by Crippen LogP contribution is -2.43. The van der Waals surface area contributed by atoms with Crippen molar-refractivity contribution in [3.05, 3.63) is 0 Å². The van der Waals surface area contributed by atoms with E-state index in [0.717, 1.165) is 13.0 Å². The van der Waals surface area contributed by atoms with Crippen LogP contribution in [0.3, 0.4) is 0 Å². The van der Waals surface area contributed by atoms with Crippen molar-refractivity contribution >= 4 is 24.3 Å². The van der Waals surface area contributed by atoms with Gasteiger partial charge in [-0.05, 0) is 6.42 Å². The molecule has 11 heavy (non-hydrogen) atoms. The van der Waals surface area contributed by atoms with Gasteiger partial charge in [0.1, 0.15) is 6.34 Å². The number of rotatable bonds is 3. The van der Waals surface area contributed by atoms with Crippen molar-refractivity contribution in [2.45, 2.75) is 19.0 Å². The molecule has 1 aliphatic heterocycles. The molecular formula is C6H10ClN4. The number of nitrogens with zero attached hydrogens (tertiary/aromatic N) is 3.